The minimum absolute atomic E-state index is 0.0666. The van der Waals surface area contributed by atoms with Gasteiger partial charge in [0.2, 0.25) is 0 Å². The molecule has 9 heteroatoms. The summed E-state index contributed by atoms with van der Waals surface area (Å²) in [5.74, 6) is 0.692. The van der Waals surface area contributed by atoms with Crippen LogP contribution in [0.4, 0.5) is 41.9 Å². The lowest BCUT2D eigenvalue weighted by molar-refractivity contribution is -0.137. The molecule has 2 aromatic carbocycles. The summed E-state index contributed by atoms with van der Waals surface area (Å²) in [5.41, 5.74) is 7.98. The highest BCUT2D eigenvalue weighted by atomic mass is 35.5. The Balaban J connectivity index is 1.71. The number of anilines is 5. The molecule has 1 aromatic heterocycles. The molecule has 0 radical (unpaired) electrons. The molecule has 0 unspecified atom stereocenters. The number of hydrogen-bond donors (Lipinski definition) is 2. The number of nitrogens with two attached hydrogens (primary N) is 1. The normalized spacial score (nSPS) is 13.9. The Morgan fingerprint density at radius 2 is 1.90 bits per heavy atom. The van der Waals surface area contributed by atoms with Crippen LogP contribution in [0.25, 0.3) is 0 Å². The van der Waals surface area contributed by atoms with Crippen molar-refractivity contribution in [1.29, 1.82) is 0 Å². The highest BCUT2D eigenvalue weighted by molar-refractivity contribution is 6.33. The molecule has 0 saturated heterocycles. The number of rotatable bonds is 3. The van der Waals surface area contributed by atoms with Crippen LogP contribution in [-0.4, -0.2) is 16.5 Å². The van der Waals surface area contributed by atoms with Gasteiger partial charge in [0.1, 0.15) is 12.0 Å². The van der Waals surface area contributed by atoms with Crippen molar-refractivity contribution >= 4 is 40.3 Å². The van der Waals surface area contributed by atoms with Crippen LogP contribution in [0.1, 0.15) is 17.5 Å². The van der Waals surface area contributed by atoms with Crippen molar-refractivity contribution in [3.63, 3.8) is 0 Å². The molecule has 3 aromatic rings. The highest BCUT2D eigenvalue weighted by Gasteiger charge is 2.31. The molecular weight excluding hydrogens is 403 g/mol. The van der Waals surface area contributed by atoms with Crippen LogP contribution in [0.15, 0.2) is 48.8 Å². The summed E-state index contributed by atoms with van der Waals surface area (Å²) in [6.07, 6.45) is -1.26. The molecule has 1 aliphatic rings. The number of benzene rings is 2. The van der Waals surface area contributed by atoms with E-state index in [1.54, 1.807) is 0 Å². The van der Waals surface area contributed by atoms with E-state index in [0.29, 0.717) is 5.82 Å². The van der Waals surface area contributed by atoms with Gasteiger partial charge >= 0.3 is 6.18 Å². The number of aromatic nitrogens is 2. The van der Waals surface area contributed by atoms with Crippen molar-refractivity contribution < 1.29 is 13.2 Å². The van der Waals surface area contributed by atoms with Crippen molar-refractivity contribution in [2.24, 2.45) is 0 Å². The number of nitrogens with zero attached hydrogens (tertiary/aromatic N) is 3. The van der Waals surface area contributed by atoms with Crippen LogP contribution >= 0.6 is 11.6 Å². The van der Waals surface area contributed by atoms with Crippen LogP contribution in [0.2, 0.25) is 5.02 Å². The number of alkyl halides is 3. The van der Waals surface area contributed by atoms with E-state index in [-0.39, 0.29) is 22.2 Å². The van der Waals surface area contributed by atoms with E-state index in [0.717, 1.165) is 37.2 Å². The third kappa shape index (κ3) is 3.80. The van der Waals surface area contributed by atoms with Gasteiger partial charge in [-0.05, 0) is 42.7 Å². The number of aryl methyl sites for hydroxylation is 1. The smallest absolute Gasteiger partial charge is 0.393 e. The van der Waals surface area contributed by atoms with Gasteiger partial charge in [-0.1, -0.05) is 29.8 Å². The molecule has 2 heterocycles. The second kappa shape index (κ2) is 7.44. The van der Waals surface area contributed by atoms with Gasteiger partial charge in [-0.3, -0.25) is 0 Å². The molecular formula is C20H17ClF3N5. The van der Waals surface area contributed by atoms with Gasteiger partial charge in [0, 0.05) is 12.2 Å². The van der Waals surface area contributed by atoms with Gasteiger partial charge < -0.3 is 16.0 Å². The molecule has 3 N–H and O–H groups in total. The molecule has 0 aliphatic carbocycles. The summed E-state index contributed by atoms with van der Waals surface area (Å²) in [4.78, 5) is 10.4. The van der Waals surface area contributed by atoms with Crippen molar-refractivity contribution in [2.45, 2.75) is 19.0 Å². The van der Waals surface area contributed by atoms with E-state index in [2.05, 4.69) is 21.4 Å². The fraction of sp³-hybridized carbons (Fsp3) is 0.200. The van der Waals surface area contributed by atoms with E-state index in [9.17, 15) is 13.2 Å². The summed E-state index contributed by atoms with van der Waals surface area (Å²) in [5, 5.41) is 2.95. The molecule has 0 amide bonds. The first-order valence-electron chi connectivity index (χ1n) is 8.94. The first-order valence-corrected chi connectivity index (χ1v) is 9.32. The predicted octanol–water partition coefficient (Wildman–Crippen LogP) is 5.56. The van der Waals surface area contributed by atoms with Crippen molar-refractivity contribution in [1.82, 2.24) is 9.97 Å². The molecule has 0 bridgehead atoms. The minimum atomic E-state index is -4.49. The van der Waals surface area contributed by atoms with E-state index in [1.807, 2.05) is 23.1 Å². The Kier molecular flexibility index (Phi) is 4.96. The summed E-state index contributed by atoms with van der Waals surface area (Å²) < 4.78 is 39.1. The molecule has 4 rings (SSSR count). The molecule has 0 saturated carbocycles. The van der Waals surface area contributed by atoms with Gasteiger partial charge in [0.15, 0.2) is 11.6 Å². The van der Waals surface area contributed by atoms with Crippen LogP contribution in [0.3, 0.4) is 0 Å². The summed E-state index contributed by atoms with van der Waals surface area (Å²) in [7, 11) is 0. The summed E-state index contributed by atoms with van der Waals surface area (Å²) in [6.45, 7) is 0.724. The average molecular weight is 420 g/mol. The lowest BCUT2D eigenvalue weighted by Gasteiger charge is -2.31. The number of fused-ring (bicyclic) bond motifs is 1. The van der Waals surface area contributed by atoms with Crippen molar-refractivity contribution in [3.8, 4) is 0 Å². The Bertz CT molecular complexity index is 1050. The number of hydrogen-bond acceptors (Lipinski definition) is 5. The standard InChI is InChI=1S/C20H17ClF3N5/c21-14-8-7-13(20(22,23)24)10-15(14)28-18-17(25)19(27-11-26-18)29-9-3-5-12-4-1-2-6-16(12)29/h1-2,4,6-8,10-11H,3,5,9,25H2,(H,26,27,28). The topological polar surface area (TPSA) is 67.1 Å². The van der Waals surface area contributed by atoms with Crippen molar-refractivity contribution in [2.75, 3.05) is 22.5 Å². The molecule has 0 fully saturated rings. The summed E-state index contributed by atoms with van der Waals surface area (Å²) >= 11 is 6.08. The maximum absolute atomic E-state index is 13.0. The monoisotopic (exact) mass is 419 g/mol. The van der Waals surface area contributed by atoms with E-state index < -0.39 is 11.7 Å². The fourth-order valence-electron chi connectivity index (χ4n) is 3.38. The lowest BCUT2D eigenvalue weighted by Crippen LogP contribution is -2.26. The Morgan fingerprint density at radius 3 is 2.69 bits per heavy atom. The second-order valence-electron chi connectivity index (χ2n) is 6.66. The van der Waals surface area contributed by atoms with Crippen LogP contribution in [0, 0.1) is 0 Å². The fourth-order valence-corrected chi connectivity index (χ4v) is 3.54. The van der Waals surface area contributed by atoms with Crippen LogP contribution in [0.5, 0.6) is 0 Å². The predicted molar refractivity (Wildman–Crippen MR) is 108 cm³/mol. The molecule has 29 heavy (non-hydrogen) atoms. The first kappa shape index (κ1) is 19.3. The zero-order valence-electron chi connectivity index (χ0n) is 15.2. The maximum Gasteiger partial charge on any atom is 0.416 e. The van der Waals surface area contributed by atoms with Crippen LogP contribution in [-0.2, 0) is 12.6 Å². The van der Waals surface area contributed by atoms with E-state index in [1.165, 1.54) is 18.0 Å². The molecule has 5 nitrogen and oxygen atoms in total. The summed E-state index contributed by atoms with van der Waals surface area (Å²) in [6, 6.07) is 11.0. The Morgan fingerprint density at radius 1 is 1.10 bits per heavy atom. The van der Waals surface area contributed by atoms with Crippen molar-refractivity contribution in [3.05, 3.63) is 64.9 Å². The second-order valence-corrected chi connectivity index (χ2v) is 7.07. The van der Waals surface area contributed by atoms with E-state index in [4.69, 9.17) is 17.3 Å². The zero-order valence-corrected chi connectivity index (χ0v) is 15.9. The first-order chi connectivity index (χ1) is 13.8. The molecule has 0 atom stereocenters. The number of para-hydroxylation sites is 1. The average Bonchev–Trinajstić information content (AvgIpc) is 2.70. The molecule has 0 spiro atoms. The van der Waals surface area contributed by atoms with Gasteiger partial charge in [-0.25, -0.2) is 9.97 Å². The zero-order chi connectivity index (χ0) is 20.6. The highest BCUT2D eigenvalue weighted by Crippen LogP contribution is 2.39. The Labute approximate surface area is 170 Å². The van der Waals surface area contributed by atoms with Gasteiger partial charge in [0.05, 0.1) is 16.3 Å². The van der Waals surface area contributed by atoms with Gasteiger partial charge in [-0.15, -0.1) is 0 Å². The largest absolute Gasteiger partial charge is 0.416 e. The van der Waals surface area contributed by atoms with Crippen LogP contribution < -0.4 is 16.0 Å². The SMILES string of the molecule is Nc1c(Nc2cc(C(F)(F)F)ccc2Cl)ncnc1N1CCCc2ccccc21. The molecule has 150 valence electrons. The maximum atomic E-state index is 13.0. The molecule has 1 aliphatic heterocycles. The van der Waals surface area contributed by atoms with Gasteiger partial charge in [-0.2, -0.15) is 13.2 Å². The number of halogens is 4. The third-order valence-corrected chi connectivity index (χ3v) is 5.11. The quantitative estimate of drug-likeness (QED) is 0.581. The van der Waals surface area contributed by atoms with E-state index >= 15 is 0 Å². The minimum Gasteiger partial charge on any atom is -0.393 e. The number of nitrogen functional groups attached to an aromatic ring is 1. The third-order valence-electron chi connectivity index (χ3n) is 4.78. The Hall–Kier alpha value is -3.00. The number of nitrogens with one attached hydrogen (secondary N) is 1. The lowest BCUT2D eigenvalue weighted by atomic mass is 10.0. The van der Waals surface area contributed by atoms with Gasteiger partial charge in [0.25, 0.3) is 0 Å².